The van der Waals surface area contributed by atoms with Gasteiger partial charge in [0, 0.05) is 11.1 Å². The summed E-state index contributed by atoms with van der Waals surface area (Å²) in [6.45, 7) is 0. The molecule has 3 heteroatoms. The molecule has 0 amide bonds. The van der Waals surface area contributed by atoms with Crippen molar-refractivity contribution in [3.8, 4) is 44.5 Å². The lowest BCUT2D eigenvalue weighted by molar-refractivity contribution is 0.756. The predicted octanol–water partition coefficient (Wildman–Crippen LogP) is 12.0. The molecule has 1 N–H and O–H groups in total. The molecule has 1 atom stereocenters. The van der Waals surface area contributed by atoms with Gasteiger partial charge in [0.25, 0.3) is 0 Å². The first-order valence-corrected chi connectivity index (χ1v) is 17.7. The van der Waals surface area contributed by atoms with Crippen molar-refractivity contribution in [1.29, 1.82) is 0 Å². The van der Waals surface area contributed by atoms with Crippen LogP contribution in [0.25, 0.3) is 55.3 Å². The molecule has 0 spiro atoms. The molecule has 1 aliphatic rings. The molecule has 246 valence electrons. The van der Waals surface area contributed by atoms with Gasteiger partial charge >= 0.3 is 0 Å². The molecule has 0 radical (unpaired) electrons. The van der Waals surface area contributed by atoms with Gasteiger partial charge in [-0.2, -0.15) is 0 Å². The van der Waals surface area contributed by atoms with Crippen LogP contribution < -0.4 is 5.32 Å². The second-order valence-corrected chi connectivity index (χ2v) is 13.0. The Morgan fingerprint density at radius 3 is 1.33 bits per heavy atom. The highest BCUT2D eigenvalue weighted by molar-refractivity contribution is 6.16. The number of benzene rings is 8. The van der Waals surface area contributed by atoms with Crippen LogP contribution in [0.2, 0.25) is 0 Å². The van der Waals surface area contributed by atoms with Gasteiger partial charge in [-0.1, -0.05) is 200 Å². The second-order valence-electron chi connectivity index (χ2n) is 13.0. The summed E-state index contributed by atoms with van der Waals surface area (Å²) in [6.07, 6.45) is -0.396. The Morgan fingerprint density at radius 1 is 0.327 bits per heavy atom. The Bertz CT molecular complexity index is 2540. The zero-order valence-electron chi connectivity index (χ0n) is 28.5. The summed E-state index contributed by atoms with van der Waals surface area (Å²) in [5.41, 5.74) is 12.6. The zero-order valence-corrected chi connectivity index (χ0v) is 28.5. The number of hydrogen-bond acceptors (Lipinski definition) is 3. The Balaban J connectivity index is 1.09. The van der Waals surface area contributed by atoms with E-state index in [2.05, 4.69) is 181 Å². The minimum atomic E-state index is -0.396. The fourth-order valence-electron chi connectivity index (χ4n) is 7.06. The van der Waals surface area contributed by atoms with Crippen molar-refractivity contribution >= 4 is 22.4 Å². The summed E-state index contributed by atoms with van der Waals surface area (Å²) in [5.74, 6) is 1.61. The maximum Gasteiger partial charge on any atom is 0.169 e. The molecule has 0 bridgehead atoms. The first kappa shape index (κ1) is 31.2. The van der Waals surface area contributed by atoms with Crippen molar-refractivity contribution in [3.63, 3.8) is 0 Å². The van der Waals surface area contributed by atoms with Gasteiger partial charge in [-0.05, 0) is 60.8 Å². The minimum absolute atomic E-state index is 0.396. The van der Waals surface area contributed by atoms with Crippen molar-refractivity contribution in [1.82, 2.24) is 5.32 Å². The molecule has 0 saturated heterocycles. The van der Waals surface area contributed by atoms with Crippen LogP contribution in [0.15, 0.2) is 210 Å². The minimum Gasteiger partial charge on any atom is -0.324 e. The number of aliphatic imine (C=N–C) groups is 2. The topological polar surface area (TPSA) is 36.8 Å². The van der Waals surface area contributed by atoms with Crippen LogP contribution >= 0.6 is 0 Å². The Kier molecular flexibility index (Phi) is 8.28. The van der Waals surface area contributed by atoms with Crippen LogP contribution in [-0.2, 0) is 0 Å². The van der Waals surface area contributed by atoms with E-state index in [1.54, 1.807) is 0 Å². The normalized spacial score (nSPS) is 14.0. The summed E-state index contributed by atoms with van der Waals surface area (Å²) in [7, 11) is 0. The van der Waals surface area contributed by atoms with Crippen molar-refractivity contribution in [2.24, 2.45) is 9.98 Å². The van der Waals surface area contributed by atoms with E-state index >= 15 is 0 Å². The first-order chi connectivity index (χ1) is 25.8. The standard InChI is InChI=1S/C49H35N3/c1-4-12-34(13-5-1)36-20-24-39(25-21-36)45-33-32-38-16-10-11-19-44(38)46(45)40-26-30-43(31-27-40)49-51-47(41-17-8-3-9-18-41)50-48(52-49)42-28-22-37(23-29-42)35-14-6-2-7-15-35/h1-33,49H,(H,50,51,52). The number of hydrogen-bond donors (Lipinski definition) is 1. The summed E-state index contributed by atoms with van der Waals surface area (Å²) in [5, 5.41) is 5.99. The van der Waals surface area contributed by atoms with Crippen molar-refractivity contribution in [3.05, 3.63) is 217 Å². The average Bonchev–Trinajstić information content (AvgIpc) is 3.24. The first-order valence-electron chi connectivity index (χ1n) is 17.7. The highest BCUT2D eigenvalue weighted by Gasteiger charge is 2.21. The molecule has 9 rings (SSSR count). The molecule has 0 saturated carbocycles. The van der Waals surface area contributed by atoms with Gasteiger partial charge in [-0.25, -0.2) is 9.98 Å². The molecule has 1 heterocycles. The third-order valence-corrected chi connectivity index (χ3v) is 9.78. The average molecular weight is 666 g/mol. The van der Waals surface area contributed by atoms with Crippen LogP contribution in [0.5, 0.6) is 0 Å². The lowest BCUT2D eigenvalue weighted by Gasteiger charge is -2.23. The number of fused-ring (bicyclic) bond motifs is 1. The fourth-order valence-corrected chi connectivity index (χ4v) is 7.06. The fraction of sp³-hybridized carbons (Fsp3) is 0.0204. The van der Waals surface area contributed by atoms with E-state index in [0.717, 1.165) is 33.9 Å². The van der Waals surface area contributed by atoms with Crippen LogP contribution in [0.3, 0.4) is 0 Å². The van der Waals surface area contributed by atoms with Gasteiger partial charge in [0.15, 0.2) is 6.17 Å². The van der Waals surface area contributed by atoms with Gasteiger partial charge in [0.2, 0.25) is 0 Å². The van der Waals surface area contributed by atoms with Gasteiger partial charge in [0.1, 0.15) is 11.7 Å². The van der Waals surface area contributed by atoms with E-state index in [4.69, 9.17) is 9.98 Å². The third-order valence-electron chi connectivity index (χ3n) is 9.78. The third kappa shape index (κ3) is 6.21. The molecule has 0 aromatic heterocycles. The maximum atomic E-state index is 5.17. The molecule has 8 aromatic carbocycles. The van der Waals surface area contributed by atoms with Gasteiger partial charge in [0.05, 0.1) is 0 Å². The van der Waals surface area contributed by atoms with E-state index in [9.17, 15) is 0 Å². The van der Waals surface area contributed by atoms with Crippen LogP contribution in [0, 0.1) is 0 Å². The van der Waals surface area contributed by atoms with E-state index in [-0.39, 0.29) is 0 Å². The smallest absolute Gasteiger partial charge is 0.169 e. The van der Waals surface area contributed by atoms with E-state index in [0.29, 0.717) is 0 Å². The highest BCUT2D eigenvalue weighted by atomic mass is 15.2. The summed E-state index contributed by atoms with van der Waals surface area (Å²) < 4.78 is 0. The predicted molar refractivity (Wildman–Crippen MR) is 218 cm³/mol. The Morgan fingerprint density at radius 2 is 0.750 bits per heavy atom. The Labute approximate surface area is 304 Å². The molecular formula is C49H35N3. The molecular weight excluding hydrogens is 631 g/mol. The molecule has 3 nitrogen and oxygen atoms in total. The van der Waals surface area contributed by atoms with Crippen LogP contribution in [0.4, 0.5) is 0 Å². The molecule has 0 aliphatic carbocycles. The number of nitrogens with one attached hydrogen (secondary N) is 1. The molecule has 0 fully saturated rings. The summed E-state index contributed by atoms with van der Waals surface area (Å²) in [6, 6.07) is 70.7. The lowest BCUT2D eigenvalue weighted by Crippen LogP contribution is -2.36. The number of rotatable bonds is 7. The van der Waals surface area contributed by atoms with Crippen molar-refractivity contribution in [2.45, 2.75) is 6.17 Å². The van der Waals surface area contributed by atoms with Crippen molar-refractivity contribution in [2.75, 3.05) is 0 Å². The SMILES string of the molecule is c1ccc(C2=NC(c3ccc(-c4c(-c5ccc(-c6ccccc6)cc5)ccc5ccccc45)cc3)N=C(c3ccc(-c4ccccc4)cc3)N2)cc1. The van der Waals surface area contributed by atoms with Crippen LogP contribution in [0.1, 0.15) is 22.9 Å². The van der Waals surface area contributed by atoms with Gasteiger partial charge in [-0.3, -0.25) is 0 Å². The zero-order chi connectivity index (χ0) is 34.7. The summed E-state index contributed by atoms with van der Waals surface area (Å²) >= 11 is 0. The molecule has 1 unspecified atom stereocenters. The number of nitrogens with zero attached hydrogens (tertiary/aromatic N) is 2. The Hall–Kier alpha value is -6.84. The van der Waals surface area contributed by atoms with E-state index in [1.807, 2.05) is 24.3 Å². The number of amidine groups is 2. The second kappa shape index (κ2) is 13.8. The van der Waals surface area contributed by atoms with Crippen LogP contribution in [-0.4, -0.2) is 11.7 Å². The lowest BCUT2D eigenvalue weighted by atomic mass is 9.89. The van der Waals surface area contributed by atoms with E-state index < -0.39 is 6.17 Å². The van der Waals surface area contributed by atoms with Gasteiger partial charge in [-0.15, -0.1) is 0 Å². The molecule has 8 aromatic rings. The van der Waals surface area contributed by atoms with Gasteiger partial charge < -0.3 is 5.32 Å². The summed E-state index contributed by atoms with van der Waals surface area (Å²) in [4.78, 5) is 10.3. The highest BCUT2D eigenvalue weighted by Crippen LogP contribution is 2.39. The van der Waals surface area contributed by atoms with Crippen molar-refractivity contribution < 1.29 is 0 Å². The molecule has 1 aliphatic heterocycles. The quantitative estimate of drug-likeness (QED) is 0.181. The van der Waals surface area contributed by atoms with E-state index in [1.165, 1.54) is 49.7 Å². The maximum absolute atomic E-state index is 5.17. The monoisotopic (exact) mass is 665 g/mol. The largest absolute Gasteiger partial charge is 0.324 e. The molecule has 52 heavy (non-hydrogen) atoms.